The molecule has 0 aliphatic carbocycles. The molecule has 19 heavy (non-hydrogen) atoms. The monoisotopic (exact) mass is 260 g/mol. The van der Waals surface area contributed by atoms with Crippen LogP contribution in [0.2, 0.25) is 0 Å². The molecule has 0 saturated heterocycles. The topological polar surface area (TPSA) is 59.8 Å². The summed E-state index contributed by atoms with van der Waals surface area (Å²) in [5, 5.41) is 6.79. The smallest absolute Gasteiger partial charge is 0.277 e. The summed E-state index contributed by atoms with van der Waals surface area (Å²) < 4.78 is 14.8. The molecule has 0 fully saturated rings. The van der Waals surface area contributed by atoms with Gasteiger partial charge in [-0.25, -0.2) is 4.98 Å². The van der Waals surface area contributed by atoms with Crippen LogP contribution in [0.4, 0.5) is 10.2 Å². The van der Waals surface area contributed by atoms with Crippen molar-refractivity contribution in [2.45, 2.75) is 25.8 Å². The van der Waals surface area contributed by atoms with Crippen molar-refractivity contribution >= 4 is 11.7 Å². The molecule has 0 aromatic carbocycles. The van der Waals surface area contributed by atoms with Crippen molar-refractivity contribution in [1.29, 1.82) is 0 Å². The normalized spacial score (nSPS) is 13.9. The number of carbonyl (C=O) groups is 1. The number of amides is 1. The number of hydrogen-bond acceptors (Lipinski definition) is 3. The van der Waals surface area contributed by atoms with Gasteiger partial charge in [-0.05, 0) is 37.5 Å². The quantitative estimate of drug-likeness (QED) is 0.840. The number of fused-ring (bicyclic) bond motifs is 1. The third kappa shape index (κ3) is 2.47. The van der Waals surface area contributed by atoms with Gasteiger partial charge in [0.25, 0.3) is 5.91 Å². The summed E-state index contributed by atoms with van der Waals surface area (Å²) in [6.45, 7) is 0.848. The Morgan fingerprint density at radius 2 is 2.26 bits per heavy atom. The summed E-state index contributed by atoms with van der Waals surface area (Å²) in [6, 6.07) is 6.05. The number of anilines is 1. The number of pyridine rings is 1. The molecule has 2 aromatic heterocycles. The van der Waals surface area contributed by atoms with Crippen LogP contribution in [0.5, 0.6) is 0 Å². The fourth-order valence-electron chi connectivity index (χ4n) is 2.19. The minimum Gasteiger partial charge on any atom is -0.305 e. The van der Waals surface area contributed by atoms with E-state index in [9.17, 15) is 9.18 Å². The summed E-state index contributed by atoms with van der Waals surface area (Å²) in [4.78, 5) is 15.6. The number of carbonyl (C=O) groups excluding carboxylic acids is 1. The molecule has 98 valence electrons. The first kappa shape index (κ1) is 11.8. The lowest BCUT2D eigenvalue weighted by Gasteiger charge is -2.11. The molecule has 3 heterocycles. The van der Waals surface area contributed by atoms with E-state index in [0.717, 1.165) is 31.5 Å². The molecule has 1 aliphatic rings. The van der Waals surface area contributed by atoms with E-state index < -0.39 is 5.95 Å². The van der Waals surface area contributed by atoms with Crippen molar-refractivity contribution in [3.05, 3.63) is 41.6 Å². The van der Waals surface area contributed by atoms with Gasteiger partial charge < -0.3 is 5.32 Å². The molecule has 0 spiro atoms. The van der Waals surface area contributed by atoms with Crippen LogP contribution in [0.1, 0.15) is 29.0 Å². The molecular weight excluding hydrogens is 247 g/mol. The maximum absolute atomic E-state index is 12.9. The van der Waals surface area contributed by atoms with E-state index in [4.69, 9.17) is 0 Å². The first-order valence-electron chi connectivity index (χ1n) is 6.23. The van der Waals surface area contributed by atoms with Gasteiger partial charge >= 0.3 is 0 Å². The molecule has 1 aliphatic heterocycles. The highest BCUT2D eigenvalue weighted by Crippen LogP contribution is 2.16. The summed E-state index contributed by atoms with van der Waals surface area (Å²) in [6.07, 6.45) is 3.15. The maximum atomic E-state index is 12.9. The number of aryl methyl sites for hydroxylation is 2. The summed E-state index contributed by atoms with van der Waals surface area (Å²) in [5.41, 5.74) is 1.42. The van der Waals surface area contributed by atoms with E-state index >= 15 is 0 Å². The van der Waals surface area contributed by atoms with Crippen molar-refractivity contribution in [1.82, 2.24) is 14.8 Å². The van der Waals surface area contributed by atoms with Crippen LogP contribution in [-0.2, 0) is 13.0 Å². The van der Waals surface area contributed by atoms with Crippen molar-refractivity contribution in [2.24, 2.45) is 0 Å². The SMILES string of the molecule is O=C(Nc1cccc(F)n1)c1cc2n(n1)CCCC2. The average Bonchev–Trinajstić information content (AvgIpc) is 2.82. The van der Waals surface area contributed by atoms with E-state index in [1.54, 1.807) is 6.07 Å². The molecule has 0 saturated carbocycles. The number of nitrogens with zero attached hydrogens (tertiary/aromatic N) is 3. The van der Waals surface area contributed by atoms with E-state index in [-0.39, 0.29) is 11.7 Å². The van der Waals surface area contributed by atoms with Gasteiger partial charge in [-0.15, -0.1) is 0 Å². The van der Waals surface area contributed by atoms with Gasteiger partial charge in [0, 0.05) is 12.2 Å². The van der Waals surface area contributed by atoms with Gasteiger partial charge in [0.2, 0.25) is 5.95 Å². The van der Waals surface area contributed by atoms with Gasteiger partial charge in [-0.1, -0.05) is 6.07 Å². The second-order valence-electron chi connectivity index (χ2n) is 4.50. The molecule has 1 N–H and O–H groups in total. The lowest BCUT2D eigenvalue weighted by Crippen LogP contribution is -2.15. The van der Waals surface area contributed by atoms with Crippen LogP contribution in [0.3, 0.4) is 0 Å². The van der Waals surface area contributed by atoms with Crippen LogP contribution < -0.4 is 5.32 Å². The van der Waals surface area contributed by atoms with Crippen molar-refractivity contribution in [2.75, 3.05) is 5.32 Å². The number of rotatable bonds is 2. The van der Waals surface area contributed by atoms with Gasteiger partial charge in [0.15, 0.2) is 5.69 Å². The Morgan fingerprint density at radius 3 is 3.05 bits per heavy atom. The summed E-state index contributed by atoms with van der Waals surface area (Å²) >= 11 is 0. The Hall–Kier alpha value is -2.24. The second-order valence-corrected chi connectivity index (χ2v) is 4.50. The van der Waals surface area contributed by atoms with E-state index in [1.165, 1.54) is 18.2 Å². The predicted molar refractivity (Wildman–Crippen MR) is 67.3 cm³/mol. The Kier molecular flexibility index (Phi) is 2.98. The van der Waals surface area contributed by atoms with Gasteiger partial charge in [0.1, 0.15) is 5.82 Å². The van der Waals surface area contributed by atoms with E-state index in [1.807, 2.05) is 4.68 Å². The predicted octanol–water partition coefficient (Wildman–Crippen LogP) is 2.01. The van der Waals surface area contributed by atoms with Crippen LogP contribution in [-0.4, -0.2) is 20.7 Å². The third-order valence-electron chi connectivity index (χ3n) is 3.11. The lowest BCUT2D eigenvalue weighted by atomic mass is 10.1. The fraction of sp³-hybridized carbons (Fsp3) is 0.308. The molecule has 2 aromatic rings. The average molecular weight is 260 g/mol. The maximum Gasteiger partial charge on any atom is 0.277 e. The lowest BCUT2D eigenvalue weighted by molar-refractivity contribution is 0.102. The van der Waals surface area contributed by atoms with E-state index in [2.05, 4.69) is 15.4 Å². The largest absolute Gasteiger partial charge is 0.305 e. The van der Waals surface area contributed by atoms with Crippen molar-refractivity contribution < 1.29 is 9.18 Å². The molecule has 0 atom stereocenters. The first-order valence-corrected chi connectivity index (χ1v) is 6.23. The molecule has 1 amide bonds. The minimum absolute atomic E-state index is 0.191. The Labute approximate surface area is 109 Å². The van der Waals surface area contributed by atoms with Crippen LogP contribution in [0.15, 0.2) is 24.3 Å². The highest BCUT2D eigenvalue weighted by atomic mass is 19.1. The molecule has 0 radical (unpaired) electrons. The highest BCUT2D eigenvalue weighted by Gasteiger charge is 2.17. The Bertz CT molecular complexity index is 599. The van der Waals surface area contributed by atoms with Gasteiger partial charge in [-0.3, -0.25) is 9.48 Å². The highest BCUT2D eigenvalue weighted by molar-refractivity contribution is 6.02. The number of hydrogen-bond donors (Lipinski definition) is 1. The minimum atomic E-state index is -0.623. The van der Waals surface area contributed by atoms with Crippen LogP contribution in [0, 0.1) is 5.95 Å². The summed E-state index contributed by atoms with van der Waals surface area (Å²) in [7, 11) is 0. The Balaban J connectivity index is 1.78. The molecule has 3 rings (SSSR count). The van der Waals surface area contributed by atoms with Crippen LogP contribution >= 0.6 is 0 Å². The standard InChI is InChI=1S/C13H13FN4O/c14-11-5-3-6-12(15-11)16-13(19)10-8-9-4-1-2-7-18(9)17-10/h3,5-6,8H,1-2,4,7H2,(H,15,16,19). The zero-order chi connectivity index (χ0) is 13.2. The summed E-state index contributed by atoms with van der Waals surface area (Å²) in [5.74, 6) is -0.794. The van der Waals surface area contributed by atoms with Crippen molar-refractivity contribution in [3.8, 4) is 0 Å². The molecule has 0 unspecified atom stereocenters. The molecule has 5 nitrogen and oxygen atoms in total. The van der Waals surface area contributed by atoms with E-state index in [0.29, 0.717) is 5.69 Å². The molecular formula is C13H13FN4O. The first-order chi connectivity index (χ1) is 9.22. The fourth-order valence-corrected chi connectivity index (χ4v) is 2.19. The molecule has 6 heteroatoms. The zero-order valence-electron chi connectivity index (χ0n) is 10.3. The van der Waals surface area contributed by atoms with Gasteiger partial charge in [-0.2, -0.15) is 9.49 Å². The number of aromatic nitrogens is 3. The van der Waals surface area contributed by atoms with Gasteiger partial charge in [0.05, 0.1) is 0 Å². The molecule has 0 bridgehead atoms. The third-order valence-corrected chi connectivity index (χ3v) is 3.11. The van der Waals surface area contributed by atoms with Crippen LogP contribution in [0.25, 0.3) is 0 Å². The number of nitrogens with one attached hydrogen (secondary N) is 1. The second kappa shape index (κ2) is 4.79. The zero-order valence-corrected chi connectivity index (χ0v) is 10.3. The Morgan fingerprint density at radius 1 is 1.37 bits per heavy atom. The number of halogens is 1. The van der Waals surface area contributed by atoms with Crippen molar-refractivity contribution in [3.63, 3.8) is 0 Å².